The normalized spacial score (nSPS) is 10.5. The third-order valence-electron chi connectivity index (χ3n) is 5.99. The van der Waals surface area contributed by atoms with E-state index in [-0.39, 0.29) is 70.4 Å². The fourth-order valence-corrected chi connectivity index (χ4v) is 4.07. The summed E-state index contributed by atoms with van der Waals surface area (Å²) < 4.78 is 17.3. The number of hydrogen-bond acceptors (Lipinski definition) is 7. The van der Waals surface area contributed by atoms with Crippen LogP contribution in [0.3, 0.4) is 0 Å². The summed E-state index contributed by atoms with van der Waals surface area (Å²) in [6, 6.07) is 24.4. The van der Waals surface area contributed by atoms with Gasteiger partial charge in [0.05, 0.1) is 11.9 Å². The van der Waals surface area contributed by atoms with Gasteiger partial charge in [-0.05, 0) is 77.2 Å². The Hall–Kier alpha value is -3.74. The molecule has 0 saturated carbocycles. The van der Waals surface area contributed by atoms with E-state index in [0.717, 1.165) is 32.6 Å². The first kappa shape index (κ1) is 30.2. The second-order valence-corrected chi connectivity index (χ2v) is 8.98. The summed E-state index contributed by atoms with van der Waals surface area (Å²) >= 11 is 0. The molecule has 10 nitrogen and oxygen atoms in total. The minimum atomic E-state index is -0.909. The number of aromatic nitrogens is 3. The van der Waals surface area contributed by atoms with E-state index in [0.29, 0.717) is 23.8 Å². The van der Waals surface area contributed by atoms with Crippen molar-refractivity contribution in [2.24, 2.45) is 0 Å². The number of hydrogen-bond donors (Lipinski definition) is 1. The van der Waals surface area contributed by atoms with E-state index >= 15 is 0 Å². The first-order valence-electron chi connectivity index (χ1n) is 12.4. The number of aryl methyl sites for hydroxylation is 1. The van der Waals surface area contributed by atoms with Crippen LogP contribution in [0.15, 0.2) is 105 Å². The number of ether oxygens (including phenoxy) is 2. The summed E-state index contributed by atoms with van der Waals surface area (Å²) in [5.41, 5.74) is 4.74. The number of anilines is 1. The van der Waals surface area contributed by atoms with Gasteiger partial charge in [0.15, 0.2) is 12.3 Å². The molecule has 41 heavy (non-hydrogen) atoms. The number of pyridine rings is 1. The molecule has 2 heterocycles. The molecular weight excluding hydrogens is 551 g/mol. The smallest absolute Gasteiger partial charge is 0.489 e. The Balaban J connectivity index is 0.00000387. The molecule has 0 bridgehead atoms. The van der Waals surface area contributed by atoms with E-state index in [9.17, 15) is 14.4 Å². The third kappa shape index (κ3) is 8.38. The minimum Gasteiger partial charge on any atom is -0.489 e. The molecular formula is C30H25KN4O6. The number of carbonyl (C=O) groups excluding carboxylic acids is 1. The zero-order valence-corrected chi connectivity index (χ0v) is 25.7. The van der Waals surface area contributed by atoms with E-state index in [1.807, 2.05) is 43.3 Å². The summed E-state index contributed by atoms with van der Waals surface area (Å²) in [5, 5.41) is 2.74. The Morgan fingerprint density at radius 3 is 2.46 bits per heavy atom. The van der Waals surface area contributed by atoms with Crippen LogP contribution in [0, 0.1) is 6.92 Å². The molecule has 11 heteroatoms. The minimum absolute atomic E-state index is 0. The van der Waals surface area contributed by atoms with Crippen molar-refractivity contribution >= 4 is 11.6 Å². The van der Waals surface area contributed by atoms with Crippen molar-refractivity contribution in [3.8, 4) is 22.6 Å². The number of amides is 1. The second kappa shape index (κ2) is 14.2. The number of nitrogens with zero attached hydrogens (tertiary/aromatic N) is 3. The van der Waals surface area contributed by atoms with Crippen molar-refractivity contribution < 1.29 is 70.2 Å². The quantitative estimate of drug-likeness (QED) is 0.242. The Bertz CT molecular complexity index is 1730. The molecule has 0 atom stereocenters. The fourth-order valence-electron chi connectivity index (χ4n) is 4.07. The van der Waals surface area contributed by atoms with Gasteiger partial charge in [-0.2, -0.15) is 0 Å². The summed E-state index contributed by atoms with van der Waals surface area (Å²) in [4.78, 5) is 42.0. The molecule has 1 amide bonds. The fraction of sp³-hybridized carbons (Fsp3) is 0.133. The molecule has 202 valence electrons. The third-order valence-corrected chi connectivity index (χ3v) is 5.99. The van der Waals surface area contributed by atoms with E-state index in [1.54, 1.807) is 48.8 Å². The standard InChI is InChI=1S/C30H26N4O6.K/c1-20-14-26(39-19-28(35)32-24-6-3-13-31-16-24)11-12-27(20)23-5-2-4-22(15-23)18-38-25-9-7-21(8-10-25)17-34-29(36)33-30(37)40-34;/h2-16H,17-19H2,1H3,(H2,32,33,35,36,37);/q;+1/p-1. The van der Waals surface area contributed by atoms with Crippen molar-refractivity contribution in [1.29, 1.82) is 0 Å². The molecule has 0 unspecified atom stereocenters. The van der Waals surface area contributed by atoms with Gasteiger partial charge in [0.25, 0.3) is 5.91 Å². The predicted octanol–water partition coefficient (Wildman–Crippen LogP) is 0.778. The Morgan fingerprint density at radius 1 is 0.951 bits per heavy atom. The van der Waals surface area contributed by atoms with E-state index in [4.69, 9.17) is 14.0 Å². The van der Waals surface area contributed by atoms with Gasteiger partial charge in [0.1, 0.15) is 18.1 Å². The number of rotatable bonds is 10. The molecule has 5 rings (SSSR count). The van der Waals surface area contributed by atoms with Crippen molar-refractivity contribution in [3.63, 3.8) is 0 Å². The van der Waals surface area contributed by atoms with Crippen LogP contribution in [0.4, 0.5) is 5.69 Å². The SMILES string of the molecule is Cc1cc(OCC(=O)Nc2cccnc2)ccc1-c1cccc(COc2ccc(Cn3oc(=O)[n-]c3=O)cc2)c1.[K+]. The van der Waals surface area contributed by atoms with Gasteiger partial charge >= 0.3 is 57.1 Å². The average Bonchev–Trinajstić information content (AvgIpc) is 3.28. The molecule has 0 aliphatic rings. The maximum absolute atomic E-state index is 12.2. The maximum Gasteiger partial charge on any atom is 1.00 e. The zero-order valence-electron chi connectivity index (χ0n) is 22.6. The first-order chi connectivity index (χ1) is 19.4. The molecule has 0 aliphatic heterocycles. The van der Waals surface area contributed by atoms with E-state index in [1.165, 1.54) is 0 Å². The molecule has 0 saturated heterocycles. The summed E-state index contributed by atoms with van der Waals surface area (Å²) in [7, 11) is 0. The van der Waals surface area contributed by atoms with Gasteiger partial charge in [0.2, 0.25) is 0 Å². The summed E-state index contributed by atoms with van der Waals surface area (Å²) in [6.45, 7) is 2.35. The monoisotopic (exact) mass is 576 g/mol. The molecule has 0 radical (unpaired) electrons. The summed E-state index contributed by atoms with van der Waals surface area (Å²) in [5.74, 6) is 0.0922. The van der Waals surface area contributed by atoms with Crippen LogP contribution in [0.2, 0.25) is 0 Å². The molecule has 0 aliphatic carbocycles. The van der Waals surface area contributed by atoms with Gasteiger partial charge in [0, 0.05) is 12.7 Å². The molecule has 5 aromatic rings. The van der Waals surface area contributed by atoms with Crippen LogP contribution in [0.1, 0.15) is 16.7 Å². The second-order valence-electron chi connectivity index (χ2n) is 8.98. The first-order valence-corrected chi connectivity index (χ1v) is 12.4. The largest absolute Gasteiger partial charge is 1.00 e. The zero-order chi connectivity index (χ0) is 27.9. The predicted molar refractivity (Wildman–Crippen MR) is 147 cm³/mol. The van der Waals surface area contributed by atoms with Gasteiger partial charge in [-0.15, -0.1) is 0 Å². The molecule has 1 N–H and O–H groups in total. The molecule has 2 aromatic heterocycles. The van der Waals surface area contributed by atoms with Crippen LogP contribution >= 0.6 is 0 Å². The molecule has 3 aromatic carbocycles. The van der Waals surface area contributed by atoms with Crippen molar-refractivity contribution in [2.75, 3.05) is 11.9 Å². The Morgan fingerprint density at radius 2 is 1.76 bits per heavy atom. The Labute approximate surface area is 277 Å². The van der Waals surface area contributed by atoms with E-state index < -0.39 is 11.4 Å². The topological polar surface area (TPSA) is 127 Å². The van der Waals surface area contributed by atoms with Crippen LogP contribution in [0.5, 0.6) is 11.5 Å². The van der Waals surface area contributed by atoms with E-state index in [2.05, 4.69) is 21.4 Å². The molecule has 0 fully saturated rings. The van der Waals surface area contributed by atoms with Gasteiger partial charge in [-0.1, -0.05) is 36.4 Å². The van der Waals surface area contributed by atoms with Gasteiger partial charge in [-0.25, -0.2) is 4.79 Å². The Kier molecular flexibility index (Phi) is 10.5. The molecule has 0 spiro atoms. The van der Waals surface area contributed by atoms with Crippen molar-refractivity contribution in [3.05, 3.63) is 129 Å². The summed E-state index contributed by atoms with van der Waals surface area (Å²) in [6.07, 6.45) is 3.21. The average molecular weight is 577 g/mol. The van der Waals surface area contributed by atoms with Gasteiger partial charge < -0.3 is 24.3 Å². The number of benzene rings is 3. The van der Waals surface area contributed by atoms with Crippen LogP contribution in [-0.2, 0) is 17.9 Å². The van der Waals surface area contributed by atoms with Crippen LogP contribution in [0.25, 0.3) is 11.1 Å². The van der Waals surface area contributed by atoms with Crippen molar-refractivity contribution in [2.45, 2.75) is 20.1 Å². The number of carbonyl (C=O) groups is 1. The van der Waals surface area contributed by atoms with Crippen molar-refractivity contribution in [1.82, 2.24) is 14.7 Å². The van der Waals surface area contributed by atoms with Crippen LogP contribution < -0.4 is 82.6 Å². The van der Waals surface area contributed by atoms with Gasteiger partial charge in [-0.3, -0.25) is 19.3 Å². The number of nitrogens with one attached hydrogen (secondary N) is 1. The van der Waals surface area contributed by atoms with Crippen LogP contribution in [-0.4, -0.2) is 22.2 Å². The maximum atomic E-state index is 12.2.